The molecule has 0 spiro atoms. The van der Waals surface area contributed by atoms with Crippen molar-refractivity contribution >= 4 is 0 Å². The van der Waals surface area contributed by atoms with Crippen LogP contribution in [-0.4, -0.2) is 72.2 Å². The highest BCUT2D eigenvalue weighted by Crippen LogP contribution is 2.40. The lowest BCUT2D eigenvalue weighted by Crippen LogP contribution is -2.33. The Morgan fingerprint density at radius 2 is 0.894 bits per heavy atom. The molecule has 0 aliphatic carbocycles. The Hall–Kier alpha value is -4.40. The zero-order chi connectivity index (χ0) is 32.9. The van der Waals surface area contributed by atoms with Crippen LogP contribution in [0.25, 0.3) is 0 Å². The van der Waals surface area contributed by atoms with Crippen LogP contribution in [0, 0.1) is 0 Å². The maximum absolute atomic E-state index is 5.94. The summed E-state index contributed by atoms with van der Waals surface area (Å²) in [4.78, 5) is 4.83. The molecule has 8 heteroatoms. The Morgan fingerprint density at radius 1 is 0.532 bits per heavy atom. The fourth-order valence-electron chi connectivity index (χ4n) is 6.89. The van der Waals surface area contributed by atoms with Crippen molar-refractivity contribution in [2.45, 2.75) is 37.8 Å². The van der Waals surface area contributed by atoms with Crippen molar-refractivity contribution in [3.05, 3.63) is 106 Å². The Kier molecular flexibility index (Phi) is 10.1. The summed E-state index contributed by atoms with van der Waals surface area (Å²) >= 11 is 0. The second-order valence-electron chi connectivity index (χ2n) is 12.4. The van der Waals surface area contributed by atoms with Gasteiger partial charge in [0.1, 0.15) is 11.5 Å². The predicted octanol–water partition coefficient (Wildman–Crippen LogP) is 6.68. The SMILES string of the molecule is COc1cc2c(cc1OC)[C@@H](Cc1ccc(OCOc3ccc(C[C@@H]4c5cc(OC)c(OC)cc5CCN4C)cc3)cc1)N(C)CC2. The van der Waals surface area contributed by atoms with Crippen LogP contribution in [0.1, 0.15) is 45.5 Å². The van der Waals surface area contributed by atoms with Crippen molar-refractivity contribution in [2.75, 3.05) is 62.4 Å². The van der Waals surface area contributed by atoms with Crippen molar-refractivity contribution in [1.29, 1.82) is 0 Å². The van der Waals surface area contributed by atoms with Gasteiger partial charge >= 0.3 is 0 Å². The van der Waals surface area contributed by atoms with Gasteiger partial charge in [0, 0.05) is 25.2 Å². The standard InChI is InChI=1S/C39H46N2O6/c1-40-17-15-28-21-36(42-3)38(44-5)23-32(28)34(40)19-26-7-11-30(12-8-26)46-25-47-31-13-9-27(10-14-31)20-35-33-24-39(45-6)37(43-4)22-29(33)16-18-41(35)2/h7-14,21-24,34-35H,15-20,25H2,1-6H3/t34-,35-/m1/s1. The Balaban J connectivity index is 1.03. The smallest absolute Gasteiger partial charge is 0.230 e. The van der Waals surface area contributed by atoms with Gasteiger partial charge < -0.3 is 28.4 Å². The van der Waals surface area contributed by atoms with Gasteiger partial charge in [0.25, 0.3) is 0 Å². The van der Waals surface area contributed by atoms with Crippen LogP contribution in [0.5, 0.6) is 34.5 Å². The van der Waals surface area contributed by atoms with Gasteiger partial charge in [0.2, 0.25) is 6.79 Å². The molecule has 2 aliphatic rings. The molecule has 8 nitrogen and oxygen atoms in total. The van der Waals surface area contributed by atoms with Gasteiger partial charge in [0.05, 0.1) is 28.4 Å². The molecule has 4 aromatic carbocycles. The van der Waals surface area contributed by atoms with Gasteiger partial charge in [-0.2, -0.15) is 0 Å². The Morgan fingerprint density at radius 3 is 1.26 bits per heavy atom. The van der Waals surface area contributed by atoms with Gasteiger partial charge in [-0.15, -0.1) is 0 Å². The molecule has 2 aliphatic heterocycles. The van der Waals surface area contributed by atoms with Crippen LogP contribution < -0.4 is 28.4 Å². The van der Waals surface area contributed by atoms with Gasteiger partial charge in [-0.3, -0.25) is 9.80 Å². The highest BCUT2D eigenvalue weighted by molar-refractivity contribution is 5.51. The zero-order valence-electron chi connectivity index (χ0n) is 28.4. The lowest BCUT2D eigenvalue weighted by molar-refractivity contribution is 0.120. The Bertz CT molecular complexity index is 1530. The summed E-state index contributed by atoms with van der Waals surface area (Å²) in [5.41, 5.74) is 7.74. The topological polar surface area (TPSA) is 61.9 Å². The van der Waals surface area contributed by atoms with Gasteiger partial charge in [-0.1, -0.05) is 24.3 Å². The third kappa shape index (κ3) is 7.14. The van der Waals surface area contributed by atoms with Crippen LogP contribution in [0.15, 0.2) is 72.8 Å². The first-order valence-corrected chi connectivity index (χ1v) is 16.2. The molecule has 0 N–H and O–H groups in total. The number of fused-ring (bicyclic) bond motifs is 2. The number of rotatable bonds is 12. The molecule has 0 saturated heterocycles. The fourth-order valence-corrected chi connectivity index (χ4v) is 6.89. The summed E-state index contributed by atoms with van der Waals surface area (Å²) in [6.07, 6.45) is 3.78. The molecule has 0 bridgehead atoms. The number of ether oxygens (including phenoxy) is 6. The second kappa shape index (κ2) is 14.6. The van der Waals surface area contributed by atoms with Crippen LogP contribution in [0.2, 0.25) is 0 Å². The van der Waals surface area contributed by atoms with Crippen molar-refractivity contribution < 1.29 is 28.4 Å². The van der Waals surface area contributed by atoms with E-state index >= 15 is 0 Å². The number of nitrogens with zero attached hydrogens (tertiary/aromatic N) is 2. The number of likely N-dealkylation sites (N-methyl/N-ethyl adjacent to an activating group) is 2. The molecule has 0 unspecified atom stereocenters. The molecule has 248 valence electrons. The van der Waals surface area contributed by atoms with E-state index in [0.717, 1.165) is 73.3 Å². The average Bonchev–Trinajstić information content (AvgIpc) is 3.10. The van der Waals surface area contributed by atoms with Gasteiger partial charge in [-0.25, -0.2) is 0 Å². The van der Waals surface area contributed by atoms with Crippen LogP contribution >= 0.6 is 0 Å². The molecular formula is C39H46N2O6. The second-order valence-corrected chi connectivity index (χ2v) is 12.4. The minimum Gasteiger partial charge on any atom is -0.493 e. The van der Waals surface area contributed by atoms with E-state index in [0.29, 0.717) is 0 Å². The fraction of sp³-hybridized carbons (Fsp3) is 0.385. The van der Waals surface area contributed by atoms with E-state index in [2.05, 4.69) is 72.4 Å². The van der Waals surface area contributed by atoms with Crippen molar-refractivity contribution in [3.8, 4) is 34.5 Å². The quantitative estimate of drug-likeness (QED) is 0.159. The van der Waals surface area contributed by atoms with E-state index in [1.165, 1.54) is 33.4 Å². The number of hydrogen-bond acceptors (Lipinski definition) is 8. The largest absolute Gasteiger partial charge is 0.493 e. The lowest BCUT2D eigenvalue weighted by atomic mass is 9.88. The van der Waals surface area contributed by atoms with Crippen LogP contribution in [0.4, 0.5) is 0 Å². The van der Waals surface area contributed by atoms with E-state index < -0.39 is 0 Å². The molecular weight excluding hydrogens is 592 g/mol. The van der Waals surface area contributed by atoms with Gasteiger partial charge in [-0.05, 0) is 122 Å². The normalized spacial score (nSPS) is 17.7. The third-order valence-electron chi connectivity index (χ3n) is 9.70. The molecule has 6 rings (SSSR count). The summed E-state index contributed by atoms with van der Waals surface area (Å²) < 4.78 is 34.2. The molecule has 0 amide bonds. The molecule has 4 aromatic rings. The minimum atomic E-state index is 0.138. The first-order chi connectivity index (χ1) is 22.9. The van der Waals surface area contributed by atoms with Crippen LogP contribution in [0.3, 0.4) is 0 Å². The van der Waals surface area contributed by atoms with E-state index in [4.69, 9.17) is 28.4 Å². The van der Waals surface area contributed by atoms with E-state index in [1.54, 1.807) is 28.4 Å². The summed E-state index contributed by atoms with van der Waals surface area (Å²) in [6.45, 7) is 2.14. The molecule has 47 heavy (non-hydrogen) atoms. The van der Waals surface area contributed by atoms with Crippen molar-refractivity contribution in [1.82, 2.24) is 9.80 Å². The van der Waals surface area contributed by atoms with Crippen molar-refractivity contribution in [2.24, 2.45) is 0 Å². The molecule has 2 atom stereocenters. The number of hydrogen-bond donors (Lipinski definition) is 0. The highest BCUT2D eigenvalue weighted by Gasteiger charge is 2.28. The van der Waals surface area contributed by atoms with Gasteiger partial charge in [0.15, 0.2) is 23.0 Å². The predicted molar refractivity (Wildman–Crippen MR) is 184 cm³/mol. The summed E-state index contributed by atoms with van der Waals surface area (Å²) in [5, 5.41) is 0. The molecule has 0 radical (unpaired) electrons. The maximum Gasteiger partial charge on any atom is 0.230 e. The van der Waals surface area contributed by atoms with Crippen LogP contribution in [-0.2, 0) is 25.7 Å². The third-order valence-corrected chi connectivity index (χ3v) is 9.70. The van der Waals surface area contributed by atoms with Crippen molar-refractivity contribution in [3.63, 3.8) is 0 Å². The first-order valence-electron chi connectivity index (χ1n) is 16.2. The maximum atomic E-state index is 5.94. The summed E-state index contributed by atoms with van der Waals surface area (Å²) in [5.74, 6) is 4.68. The highest BCUT2D eigenvalue weighted by atomic mass is 16.7. The Labute approximate surface area is 278 Å². The molecule has 0 aromatic heterocycles. The first kappa shape index (κ1) is 32.5. The van der Waals surface area contributed by atoms with E-state index in [-0.39, 0.29) is 18.9 Å². The molecule has 0 fully saturated rings. The van der Waals surface area contributed by atoms with E-state index in [1.807, 2.05) is 24.3 Å². The van der Waals surface area contributed by atoms with E-state index in [9.17, 15) is 0 Å². The number of benzene rings is 4. The average molecular weight is 639 g/mol. The lowest BCUT2D eigenvalue weighted by Gasteiger charge is -2.35. The summed E-state index contributed by atoms with van der Waals surface area (Å²) in [7, 11) is 11.1. The summed E-state index contributed by atoms with van der Waals surface area (Å²) in [6, 6.07) is 25.7. The molecule has 2 heterocycles. The molecule has 0 saturated carbocycles. The minimum absolute atomic E-state index is 0.138. The number of methoxy groups -OCH3 is 4. The zero-order valence-corrected chi connectivity index (χ0v) is 28.4. The monoisotopic (exact) mass is 638 g/mol.